The van der Waals surface area contributed by atoms with Gasteiger partial charge in [-0.1, -0.05) is 30.3 Å². The van der Waals surface area contributed by atoms with E-state index in [1.807, 2.05) is 36.4 Å². The monoisotopic (exact) mass is 287 g/mol. The van der Waals surface area contributed by atoms with Gasteiger partial charge in [0.05, 0.1) is 6.04 Å². The first-order valence-electron chi connectivity index (χ1n) is 7.06. The maximum atomic E-state index is 12.3. The van der Waals surface area contributed by atoms with Gasteiger partial charge in [0.15, 0.2) is 0 Å². The van der Waals surface area contributed by atoms with Gasteiger partial charge in [-0.05, 0) is 30.6 Å². The number of likely N-dealkylation sites (N-methyl/N-ethyl adjacent to an activating group) is 1. The molecule has 1 aliphatic rings. The highest BCUT2D eigenvalue weighted by Gasteiger charge is 2.26. The van der Waals surface area contributed by atoms with Gasteiger partial charge in [0.1, 0.15) is 6.04 Å². The molecule has 0 fully saturated rings. The Morgan fingerprint density at radius 1 is 1.38 bits per heavy atom. The number of nitrogens with one attached hydrogen (secondary N) is 1. The number of nitrogens with zero attached hydrogens (tertiary/aromatic N) is 1. The highest BCUT2D eigenvalue weighted by molar-refractivity contribution is 5.93. The van der Waals surface area contributed by atoms with Crippen molar-refractivity contribution in [1.82, 2.24) is 10.2 Å². The van der Waals surface area contributed by atoms with Crippen molar-refractivity contribution in [2.75, 3.05) is 13.6 Å². The van der Waals surface area contributed by atoms with Gasteiger partial charge in [0.2, 0.25) is 11.8 Å². The maximum absolute atomic E-state index is 12.3. The topological polar surface area (TPSA) is 75.4 Å². The van der Waals surface area contributed by atoms with Crippen LogP contribution in [0.15, 0.2) is 36.4 Å². The van der Waals surface area contributed by atoms with Crippen LogP contribution >= 0.6 is 0 Å². The summed E-state index contributed by atoms with van der Waals surface area (Å²) in [4.78, 5) is 25.7. The minimum Gasteiger partial charge on any atom is -0.343 e. The number of hydrogen-bond donors (Lipinski definition) is 2. The fourth-order valence-corrected chi connectivity index (χ4v) is 2.27. The quantitative estimate of drug-likeness (QED) is 0.862. The lowest BCUT2D eigenvalue weighted by Gasteiger charge is -2.20. The molecule has 1 heterocycles. The Labute approximate surface area is 124 Å². The van der Waals surface area contributed by atoms with Gasteiger partial charge in [-0.25, -0.2) is 0 Å². The van der Waals surface area contributed by atoms with Crippen LogP contribution in [0.4, 0.5) is 0 Å². The number of hydrogen-bond acceptors (Lipinski definition) is 3. The molecule has 2 rings (SSSR count). The third-order valence-corrected chi connectivity index (χ3v) is 3.58. The second kappa shape index (κ2) is 6.54. The number of nitrogens with two attached hydrogens (primary N) is 1. The maximum Gasteiger partial charge on any atom is 0.248 e. The van der Waals surface area contributed by atoms with Gasteiger partial charge in [-0.2, -0.15) is 0 Å². The molecule has 2 atom stereocenters. The largest absolute Gasteiger partial charge is 0.343 e. The zero-order chi connectivity index (χ0) is 15.4. The molecule has 5 nitrogen and oxygen atoms in total. The van der Waals surface area contributed by atoms with E-state index in [1.54, 1.807) is 18.9 Å². The minimum absolute atomic E-state index is 0.116. The molecule has 112 valence electrons. The molecule has 1 aliphatic heterocycles. The molecule has 0 radical (unpaired) electrons. The first-order chi connectivity index (χ1) is 9.99. The third-order valence-electron chi connectivity index (χ3n) is 3.58. The summed E-state index contributed by atoms with van der Waals surface area (Å²) < 4.78 is 0. The van der Waals surface area contributed by atoms with Crippen molar-refractivity contribution in [2.24, 2.45) is 5.73 Å². The van der Waals surface area contributed by atoms with Crippen molar-refractivity contribution in [3.05, 3.63) is 42.0 Å². The zero-order valence-corrected chi connectivity index (χ0v) is 12.4. The Hall–Kier alpha value is -2.14. The summed E-state index contributed by atoms with van der Waals surface area (Å²) >= 11 is 0. The summed E-state index contributed by atoms with van der Waals surface area (Å²) in [5.74, 6) is -0.442. The molecule has 0 saturated carbocycles. The predicted molar refractivity (Wildman–Crippen MR) is 82.3 cm³/mol. The fraction of sp³-hybridized carbons (Fsp3) is 0.375. The molecule has 0 unspecified atom stereocenters. The highest BCUT2D eigenvalue weighted by Crippen LogP contribution is 2.22. The Kier molecular flexibility index (Phi) is 4.75. The van der Waals surface area contributed by atoms with Crippen LogP contribution in [-0.2, 0) is 9.59 Å². The van der Waals surface area contributed by atoms with Crippen LogP contribution in [0.1, 0.15) is 18.9 Å². The normalized spacial score (nSPS) is 20.5. The van der Waals surface area contributed by atoms with Crippen LogP contribution in [0.25, 0.3) is 5.57 Å². The van der Waals surface area contributed by atoms with Gasteiger partial charge in [-0.15, -0.1) is 0 Å². The molecule has 0 saturated heterocycles. The van der Waals surface area contributed by atoms with E-state index in [0.717, 1.165) is 17.6 Å². The second-order valence-corrected chi connectivity index (χ2v) is 5.34. The Balaban J connectivity index is 2.29. The molecule has 3 N–H and O–H groups in total. The lowest BCUT2D eigenvalue weighted by Crippen LogP contribution is -2.49. The lowest BCUT2D eigenvalue weighted by atomic mass is 10.0. The van der Waals surface area contributed by atoms with Crippen molar-refractivity contribution >= 4 is 17.4 Å². The standard InChI is InChI=1S/C16H21N3O2/c1-11(17)15(20)18-14-10-13(8-9-19(2)16(14)21)12-6-4-3-5-7-12/h3-7,10-11,14H,8-9,17H2,1-2H3,(H,18,20)/t11-,14-/m0/s1. The highest BCUT2D eigenvalue weighted by atomic mass is 16.2. The molecule has 1 aromatic rings. The van der Waals surface area contributed by atoms with Crippen LogP contribution < -0.4 is 11.1 Å². The van der Waals surface area contributed by atoms with Crippen molar-refractivity contribution in [1.29, 1.82) is 0 Å². The van der Waals surface area contributed by atoms with Crippen LogP contribution in [0.2, 0.25) is 0 Å². The lowest BCUT2D eigenvalue weighted by molar-refractivity contribution is -0.134. The summed E-state index contributed by atoms with van der Waals surface area (Å²) in [6.45, 7) is 2.23. The van der Waals surface area contributed by atoms with Crippen LogP contribution in [0, 0.1) is 0 Å². The molecule has 0 bridgehead atoms. The first kappa shape index (κ1) is 15.3. The number of rotatable bonds is 3. The number of carbonyl (C=O) groups excluding carboxylic acids is 2. The second-order valence-electron chi connectivity index (χ2n) is 5.34. The summed E-state index contributed by atoms with van der Waals surface area (Å²) in [5.41, 5.74) is 7.69. The summed E-state index contributed by atoms with van der Waals surface area (Å²) in [6.07, 6.45) is 2.60. The van der Waals surface area contributed by atoms with E-state index in [9.17, 15) is 9.59 Å². The number of carbonyl (C=O) groups is 2. The summed E-state index contributed by atoms with van der Waals surface area (Å²) in [5, 5.41) is 2.71. The Morgan fingerprint density at radius 3 is 2.67 bits per heavy atom. The zero-order valence-electron chi connectivity index (χ0n) is 12.4. The first-order valence-corrected chi connectivity index (χ1v) is 7.06. The van der Waals surface area contributed by atoms with Gasteiger partial charge in [0, 0.05) is 13.6 Å². The van der Waals surface area contributed by atoms with Gasteiger partial charge >= 0.3 is 0 Å². The van der Waals surface area contributed by atoms with Crippen molar-refractivity contribution in [3.63, 3.8) is 0 Å². The molecule has 0 spiro atoms. The van der Waals surface area contributed by atoms with Gasteiger partial charge < -0.3 is 16.0 Å². The Morgan fingerprint density at radius 2 is 2.05 bits per heavy atom. The van der Waals surface area contributed by atoms with E-state index in [0.29, 0.717) is 6.54 Å². The van der Waals surface area contributed by atoms with E-state index in [1.165, 1.54) is 0 Å². The van der Waals surface area contributed by atoms with Crippen LogP contribution in [0.3, 0.4) is 0 Å². The molecule has 5 heteroatoms. The molecule has 0 aromatic heterocycles. The van der Waals surface area contributed by atoms with Crippen molar-refractivity contribution in [2.45, 2.75) is 25.4 Å². The number of amides is 2. The SMILES string of the molecule is C[C@H](N)C(=O)N[C@H]1C=C(c2ccccc2)CCN(C)C1=O. The van der Waals surface area contributed by atoms with E-state index in [-0.39, 0.29) is 11.8 Å². The predicted octanol–water partition coefficient (Wildman–Crippen LogP) is 0.764. The molecule has 0 aliphatic carbocycles. The Bertz CT molecular complexity index is 552. The fourth-order valence-electron chi connectivity index (χ4n) is 2.27. The van der Waals surface area contributed by atoms with E-state index < -0.39 is 12.1 Å². The van der Waals surface area contributed by atoms with Crippen molar-refractivity contribution in [3.8, 4) is 0 Å². The third kappa shape index (κ3) is 3.70. The molecule has 1 aromatic carbocycles. The summed E-state index contributed by atoms with van der Waals surface area (Å²) in [6, 6.07) is 8.58. The molecular weight excluding hydrogens is 266 g/mol. The van der Waals surface area contributed by atoms with E-state index in [4.69, 9.17) is 5.73 Å². The van der Waals surface area contributed by atoms with E-state index >= 15 is 0 Å². The smallest absolute Gasteiger partial charge is 0.248 e. The van der Waals surface area contributed by atoms with Crippen molar-refractivity contribution < 1.29 is 9.59 Å². The number of benzene rings is 1. The van der Waals surface area contributed by atoms with Crippen LogP contribution in [0.5, 0.6) is 0 Å². The van der Waals surface area contributed by atoms with Crippen LogP contribution in [-0.4, -0.2) is 42.4 Å². The van der Waals surface area contributed by atoms with Gasteiger partial charge in [-0.3, -0.25) is 9.59 Å². The van der Waals surface area contributed by atoms with Gasteiger partial charge in [0.25, 0.3) is 0 Å². The molecule has 21 heavy (non-hydrogen) atoms. The van der Waals surface area contributed by atoms with E-state index in [2.05, 4.69) is 5.32 Å². The minimum atomic E-state index is -0.661. The average molecular weight is 287 g/mol. The molecular formula is C16H21N3O2. The molecule has 2 amide bonds. The average Bonchev–Trinajstić information content (AvgIpc) is 2.62. The summed E-state index contributed by atoms with van der Waals surface area (Å²) in [7, 11) is 1.75.